The van der Waals surface area contributed by atoms with E-state index in [1.807, 2.05) is 66.9 Å². The molecule has 9 heteroatoms. The average Bonchev–Trinajstić information content (AvgIpc) is 3.41. The number of rotatable bonds is 7. The minimum atomic E-state index is -0.550. The van der Waals surface area contributed by atoms with Crippen LogP contribution in [0, 0.1) is 10.1 Å². The molecule has 30 heavy (non-hydrogen) atoms. The highest BCUT2D eigenvalue weighted by Gasteiger charge is 2.15. The number of carbonyl (C=O) groups excluding carboxylic acids is 1. The van der Waals surface area contributed by atoms with Crippen molar-refractivity contribution in [3.8, 4) is 16.9 Å². The average molecular weight is 402 g/mol. The lowest BCUT2D eigenvalue weighted by molar-refractivity contribution is -0.385. The molecule has 1 amide bonds. The number of para-hydroxylation sites is 1. The van der Waals surface area contributed by atoms with E-state index >= 15 is 0 Å². The number of amides is 1. The van der Waals surface area contributed by atoms with Crippen molar-refractivity contribution in [2.75, 3.05) is 0 Å². The fourth-order valence-corrected chi connectivity index (χ4v) is 3.02. The second-order valence-electron chi connectivity index (χ2n) is 6.58. The molecule has 1 N–H and O–H groups in total. The van der Waals surface area contributed by atoms with Crippen molar-refractivity contribution in [3.05, 3.63) is 94.9 Å². The number of hydrogen-bond donors (Lipinski definition) is 1. The molecule has 4 rings (SSSR count). The third-order valence-corrected chi connectivity index (χ3v) is 4.47. The normalized spacial score (nSPS) is 10.7. The smallest absolute Gasteiger partial charge is 0.307 e. The van der Waals surface area contributed by atoms with E-state index in [4.69, 9.17) is 5.10 Å². The van der Waals surface area contributed by atoms with Gasteiger partial charge in [-0.15, -0.1) is 0 Å². The largest absolute Gasteiger partial charge is 0.350 e. The van der Waals surface area contributed by atoms with Crippen molar-refractivity contribution < 1.29 is 9.72 Å². The van der Waals surface area contributed by atoms with Crippen molar-refractivity contribution >= 4 is 11.6 Å². The van der Waals surface area contributed by atoms with E-state index in [9.17, 15) is 14.9 Å². The van der Waals surface area contributed by atoms with Gasteiger partial charge in [0.05, 0.1) is 16.3 Å². The number of nitrogens with one attached hydrogen (secondary N) is 1. The Kier molecular flexibility index (Phi) is 5.33. The summed E-state index contributed by atoms with van der Waals surface area (Å²) in [6.45, 7) is 0.153. The zero-order valence-electron chi connectivity index (χ0n) is 15.9. The molecule has 150 valence electrons. The Morgan fingerprint density at radius 3 is 2.40 bits per heavy atom. The number of nitrogens with zero attached hydrogens (tertiary/aromatic N) is 5. The lowest BCUT2D eigenvalue weighted by atomic mass is 10.1. The molecule has 0 aliphatic heterocycles. The van der Waals surface area contributed by atoms with Crippen molar-refractivity contribution in [3.63, 3.8) is 0 Å². The van der Waals surface area contributed by atoms with E-state index in [-0.39, 0.29) is 24.7 Å². The molecule has 2 aromatic heterocycles. The van der Waals surface area contributed by atoms with Crippen molar-refractivity contribution in [1.29, 1.82) is 0 Å². The first kappa shape index (κ1) is 19.1. The molecule has 0 aliphatic carbocycles. The summed E-state index contributed by atoms with van der Waals surface area (Å²) in [5, 5.41) is 22.1. The van der Waals surface area contributed by atoms with Gasteiger partial charge in [0, 0.05) is 23.9 Å². The molecule has 2 heterocycles. The Hall–Kier alpha value is -4.27. The van der Waals surface area contributed by atoms with E-state index in [0.717, 1.165) is 28.7 Å². The van der Waals surface area contributed by atoms with Crippen LogP contribution in [0.5, 0.6) is 0 Å². The Bertz CT molecular complexity index is 1170. The molecule has 0 saturated heterocycles. The molecule has 9 nitrogen and oxygen atoms in total. The molecule has 0 atom stereocenters. The molecule has 0 radical (unpaired) electrons. The second kappa shape index (κ2) is 8.39. The molecule has 2 aromatic carbocycles. The summed E-state index contributed by atoms with van der Waals surface area (Å²) in [6.07, 6.45) is 4.23. The van der Waals surface area contributed by atoms with Crippen LogP contribution in [-0.4, -0.2) is 30.4 Å². The molecule has 0 spiro atoms. The van der Waals surface area contributed by atoms with Crippen molar-refractivity contribution in [1.82, 2.24) is 24.9 Å². The molecule has 0 aliphatic rings. The van der Waals surface area contributed by atoms with Crippen LogP contribution in [0.2, 0.25) is 0 Å². The summed E-state index contributed by atoms with van der Waals surface area (Å²) in [5.74, 6) is -0.306. The first-order valence-electron chi connectivity index (χ1n) is 9.23. The maximum absolute atomic E-state index is 12.3. The first-order chi connectivity index (χ1) is 14.6. The van der Waals surface area contributed by atoms with Crippen LogP contribution in [0.1, 0.15) is 5.56 Å². The molecular weight excluding hydrogens is 384 g/mol. The third kappa shape index (κ3) is 4.25. The van der Waals surface area contributed by atoms with Crippen molar-refractivity contribution in [2.24, 2.45) is 0 Å². The van der Waals surface area contributed by atoms with Crippen LogP contribution in [0.25, 0.3) is 16.9 Å². The van der Waals surface area contributed by atoms with Crippen molar-refractivity contribution in [2.45, 2.75) is 13.1 Å². The number of carbonyl (C=O) groups is 1. The highest BCUT2D eigenvalue weighted by molar-refractivity contribution is 5.76. The minimum Gasteiger partial charge on any atom is -0.350 e. The molecule has 0 saturated carbocycles. The lowest BCUT2D eigenvalue weighted by Gasteiger charge is -2.05. The van der Waals surface area contributed by atoms with E-state index in [2.05, 4.69) is 10.4 Å². The number of benzene rings is 2. The summed E-state index contributed by atoms with van der Waals surface area (Å²) in [7, 11) is 0. The van der Waals surface area contributed by atoms with Gasteiger partial charge in [0.2, 0.25) is 5.91 Å². The van der Waals surface area contributed by atoms with Crippen LogP contribution in [0.15, 0.2) is 79.3 Å². The van der Waals surface area contributed by atoms with Crippen LogP contribution >= 0.6 is 0 Å². The lowest BCUT2D eigenvalue weighted by Crippen LogP contribution is -2.27. The van der Waals surface area contributed by atoms with E-state index in [0.29, 0.717) is 0 Å². The Morgan fingerprint density at radius 1 is 1.03 bits per heavy atom. The summed E-state index contributed by atoms with van der Waals surface area (Å²) in [5.41, 5.74) is 3.33. The van der Waals surface area contributed by atoms with Gasteiger partial charge in [-0.3, -0.25) is 19.6 Å². The number of hydrogen-bond acceptors (Lipinski definition) is 5. The highest BCUT2D eigenvalue weighted by atomic mass is 16.6. The van der Waals surface area contributed by atoms with E-state index in [1.165, 1.54) is 10.9 Å². The van der Waals surface area contributed by atoms with Crippen LogP contribution < -0.4 is 5.32 Å². The summed E-state index contributed by atoms with van der Waals surface area (Å²) >= 11 is 0. The molecular formula is C21H18N6O3. The first-order valence-corrected chi connectivity index (χ1v) is 9.23. The van der Waals surface area contributed by atoms with Gasteiger partial charge in [-0.1, -0.05) is 48.5 Å². The van der Waals surface area contributed by atoms with Gasteiger partial charge in [0.25, 0.3) is 0 Å². The monoisotopic (exact) mass is 402 g/mol. The predicted octanol–water partition coefficient (Wildman–Crippen LogP) is 2.96. The topological polar surface area (TPSA) is 108 Å². The van der Waals surface area contributed by atoms with Gasteiger partial charge < -0.3 is 5.32 Å². The third-order valence-electron chi connectivity index (χ3n) is 4.47. The molecule has 0 bridgehead atoms. The van der Waals surface area contributed by atoms with Crippen LogP contribution in [0.3, 0.4) is 0 Å². The quantitative estimate of drug-likeness (QED) is 0.378. The van der Waals surface area contributed by atoms with Gasteiger partial charge in [-0.05, 0) is 12.1 Å². The fraction of sp³-hybridized carbons (Fsp3) is 0.0952. The Labute approximate surface area is 171 Å². The summed E-state index contributed by atoms with van der Waals surface area (Å²) < 4.78 is 3.01. The van der Waals surface area contributed by atoms with Crippen LogP contribution in [0.4, 0.5) is 5.69 Å². The standard InChI is InChI=1S/C21H18N6O3/c28-20(15-25-14-19(12-23-25)27(29)30)22-11-17-13-26(18-9-5-2-6-10-18)24-21(17)16-7-3-1-4-8-16/h1-10,12-14H,11,15H2,(H,22,28). The molecule has 0 fully saturated rings. The Balaban J connectivity index is 1.53. The van der Waals surface area contributed by atoms with Gasteiger partial charge >= 0.3 is 5.69 Å². The predicted molar refractivity (Wildman–Crippen MR) is 110 cm³/mol. The SMILES string of the molecule is O=C(Cn1cc([N+](=O)[O-])cn1)NCc1cn(-c2ccccc2)nc1-c1ccccc1. The van der Waals surface area contributed by atoms with Gasteiger partial charge in [-0.25, -0.2) is 4.68 Å². The zero-order chi connectivity index (χ0) is 20.9. The highest BCUT2D eigenvalue weighted by Crippen LogP contribution is 2.23. The fourth-order valence-electron chi connectivity index (χ4n) is 3.02. The van der Waals surface area contributed by atoms with Crippen LogP contribution in [-0.2, 0) is 17.9 Å². The minimum absolute atomic E-state index is 0.110. The van der Waals surface area contributed by atoms with E-state index < -0.39 is 4.92 Å². The summed E-state index contributed by atoms with van der Waals surface area (Å²) in [6, 6.07) is 19.4. The Morgan fingerprint density at radius 2 is 1.73 bits per heavy atom. The molecule has 0 unspecified atom stereocenters. The van der Waals surface area contributed by atoms with Gasteiger partial charge in [0.1, 0.15) is 18.9 Å². The maximum Gasteiger partial charge on any atom is 0.307 e. The number of aromatic nitrogens is 4. The van der Waals surface area contributed by atoms with Gasteiger partial charge in [-0.2, -0.15) is 10.2 Å². The maximum atomic E-state index is 12.3. The molecule has 4 aromatic rings. The number of nitro groups is 1. The van der Waals surface area contributed by atoms with E-state index in [1.54, 1.807) is 4.68 Å². The second-order valence-corrected chi connectivity index (χ2v) is 6.58. The van der Waals surface area contributed by atoms with Gasteiger partial charge in [0.15, 0.2) is 0 Å². The summed E-state index contributed by atoms with van der Waals surface area (Å²) in [4.78, 5) is 22.5. The zero-order valence-corrected chi connectivity index (χ0v) is 15.9.